The summed E-state index contributed by atoms with van der Waals surface area (Å²) in [6, 6.07) is 17.1. The van der Waals surface area contributed by atoms with Crippen molar-refractivity contribution in [3.63, 3.8) is 0 Å². The zero-order valence-electron chi connectivity index (χ0n) is 49.0. The molecule has 0 aliphatic rings. The second-order valence-electron chi connectivity index (χ2n) is 21.5. The van der Waals surface area contributed by atoms with Crippen LogP contribution in [0.4, 0.5) is 0 Å². The van der Waals surface area contributed by atoms with E-state index >= 15 is 0 Å². The van der Waals surface area contributed by atoms with Gasteiger partial charge in [-0.2, -0.15) is 0 Å². The normalized spacial score (nSPS) is 11.6. The van der Waals surface area contributed by atoms with Gasteiger partial charge >= 0.3 is 116 Å². The van der Waals surface area contributed by atoms with Gasteiger partial charge in [-0.15, -0.1) is 0 Å². The summed E-state index contributed by atoms with van der Waals surface area (Å²) < 4.78 is 46.2. The first-order valence-corrected chi connectivity index (χ1v) is 25.9. The van der Waals surface area contributed by atoms with Gasteiger partial charge in [0.1, 0.15) is 0 Å². The molecule has 0 bridgehead atoms. The van der Waals surface area contributed by atoms with Crippen molar-refractivity contribution in [2.75, 3.05) is 0 Å². The molecule has 4 nitrogen and oxygen atoms in total. The van der Waals surface area contributed by atoms with Crippen LogP contribution in [0.15, 0.2) is 48.5 Å². The second kappa shape index (κ2) is 37.7. The molecular formula is C55H110O4Rb2S2. The Labute approximate surface area is 498 Å². The van der Waals surface area contributed by atoms with Gasteiger partial charge in [0.2, 0.25) is 0 Å². The molecule has 0 aromatic heterocycles. The number of hydrogen-bond donors (Lipinski definition) is 0. The van der Waals surface area contributed by atoms with Crippen molar-refractivity contribution in [3.8, 4) is 0 Å². The Morgan fingerprint density at radius 1 is 0.429 bits per heavy atom. The van der Waals surface area contributed by atoms with Crippen molar-refractivity contribution < 1.29 is 133 Å². The summed E-state index contributed by atoms with van der Waals surface area (Å²) in [6.45, 7) is 61.6. The Morgan fingerprint density at radius 3 is 0.794 bits per heavy atom. The van der Waals surface area contributed by atoms with E-state index in [9.17, 15) is 16.8 Å². The van der Waals surface area contributed by atoms with Gasteiger partial charge in [0.25, 0.3) is 0 Å². The minimum absolute atomic E-state index is 0. The molecule has 0 atom stereocenters. The van der Waals surface area contributed by atoms with E-state index in [1.165, 1.54) is 16.7 Å². The summed E-state index contributed by atoms with van der Waals surface area (Å²) in [5.41, 5.74) is 5.58. The monoisotopic (exact) mass is 1070 g/mol. The van der Waals surface area contributed by atoms with E-state index in [4.69, 9.17) is 0 Å². The number of benzene rings is 2. The van der Waals surface area contributed by atoms with Gasteiger partial charge in [0.15, 0.2) is 19.7 Å². The average Bonchev–Trinajstić information content (AvgIpc) is 3.09. The van der Waals surface area contributed by atoms with Crippen molar-refractivity contribution in [1.29, 1.82) is 0 Å². The van der Waals surface area contributed by atoms with Crippen molar-refractivity contribution in [2.45, 2.75) is 245 Å². The van der Waals surface area contributed by atoms with Crippen molar-refractivity contribution in [1.82, 2.24) is 0 Å². The fourth-order valence-corrected chi connectivity index (χ4v) is 7.52. The van der Waals surface area contributed by atoms with Crippen LogP contribution in [0.2, 0.25) is 0 Å². The molecule has 0 unspecified atom stereocenters. The molecule has 0 aliphatic carbocycles. The third-order valence-electron chi connectivity index (χ3n) is 11.0. The molecule has 0 fully saturated rings. The van der Waals surface area contributed by atoms with Crippen LogP contribution < -0.4 is 116 Å². The van der Waals surface area contributed by atoms with Crippen LogP contribution in [0.5, 0.6) is 0 Å². The maximum absolute atomic E-state index is 12.9. The first-order chi connectivity index (χ1) is 26.1. The van der Waals surface area contributed by atoms with Crippen LogP contribution in [0.25, 0.3) is 0 Å². The summed E-state index contributed by atoms with van der Waals surface area (Å²) in [7, 11) is -6.12. The van der Waals surface area contributed by atoms with Crippen molar-refractivity contribution in [2.24, 2.45) is 22.7 Å². The van der Waals surface area contributed by atoms with Crippen molar-refractivity contribution >= 4 is 19.7 Å². The van der Waals surface area contributed by atoms with Crippen LogP contribution in [0.1, 0.15) is 242 Å². The molecule has 0 heterocycles. The van der Waals surface area contributed by atoms with E-state index in [0.717, 1.165) is 17.4 Å². The van der Waals surface area contributed by atoms with E-state index in [1.54, 1.807) is 62.3 Å². The molecule has 2 aromatic rings. The van der Waals surface area contributed by atoms with Crippen LogP contribution >= 0.6 is 0 Å². The van der Waals surface area contributed by atoms with Gasteiger partial charge in [-0.25, -0.2) is 16.8 Å². The molecule has 2 rings (SSSR count). The van der Waals surface area contributed by atoms with E-state index in [0.29, 0.717) is 17.3 Å². The molecule has 0 saturated heterocycles. The van der Waals surface area contributed by atoms with E-state index < -0.39 is 29.2 Å². The Kier molecular flexibility index (Phi) is 50.8. The third-order valence-corrected chi connectivity index (χ3v) is 16.8. The standard InChI is InChI=1S/C20H34O2S.C12H18.C7H16.C6H14O2S.C4H10.2C2H6.2CH3.2Rb/c1-17(2,3)19(7,8)15-11-13-16(14-12-15)20(9,10)23(21,22)18(4,5)6;1-9(2)11-5-7-12(8-6-11)10(3)4;1-6(2)7(3,4)5;1-5(2)9(7,8)6(3)4;1-4(2)3;2*1-2;;;;/h11-14H,1-10H3;5-10H,1-4H3;6H,1-5H3;5-6H,1-4H3;4H,1-3H3;2*1-2H3;2*1H3;;/q;;;;;;;2*-1;2*+1. The number of hydrogen-bond acceptors (Lipinski definition) is 4. The molecule has 2 aromatic carbocycles. The molecule has 0 aliphatic heterocycles. The molecule has 0 spiro atoms. The quantitative estimate of drug-likeness (QED) is 0.259. The molecule has 0 amide bonds. The Morgan fingerprint density at radius 2 is 0.651 bits per heavy atom. The van der Waals surface area contributed by atoms with E-state index in [1.807, 2.05) is 39.8 Å². The van der Waals surface area contributed by atoms with Gasteiger partial charge < -0.3 is 14.9 Å². The van der Waals surface area contributed by atoms with E-state index in [2.05, 4.69) is 154 Å². The van der Waals surface area contributed by atoms with Crippen molar-refractivity contribution in [3.05, 3.63) is 85.6 Å². The van der Waals surface area contributed by atoms with Gasteiger partial charge in [0, 0.05) is 0 Å². The van der Waals surface area contributed by atoms with Crippen LogP contribution in [-0.2, 0) is 29.8 Å². The number of sulfone groups is 2. The smallest absolute Gasteiger partial charge is 0.358 e. The molecule has 0 N–H and O–H groups in total. The molecular weight excluding hydrogens is 960 g/mol. The summed E-state index contributed by atoms with van der Waals surface area (Å²) >= 11 is 0. The molecule has 368 valence electrons. The predicted molar refractivity (Wildman–Crippen MR) is 285 cm³/mol. The zero-order chi connectivity index (χ0) is 48.9. The van der Waals surface area contributed by atoms with Crippen LogP contribution in [0, 0.1) is 37.5 Å². The van der Waals surface area contributed by atoms with Crippen LogP contribution in [-0.4, -0.2) is 32.1 Å². The largest absolute Gasteiger partial charge is 1.00 e. The fraction of sp³-hybridized carbons (Fsp3) is 0.745. The number of rotatable bonds is 7. The molecule has 0 saturated carbocycles. The summed E-state index contributed by atoms with van der Waals surface area (Å²) in [5, 5.41) is -0.477. The first kappa shape index (κ1) is 84.9. The summed E-state index contributed by atoms with van der Waals surface area (Å²) in [4.78, 5) is 0. The fourth-order valence-electron chi connectivity index (χ4n) is 4.45. The zero-order valence-corrected chi connectivity index (χ0v) is 60.5. The maximum Gasteiger partial charge on any atom is 1.00 e. The Balaban J connectivity index is -0.0000000887. The summed E-state index contributed by atoms with van der Waals surface area (Å²) in [6.07, 6.45) is 0. The maximum atomic E-state index is 12.9. The van der Waals surface area contributed by atoms with Crippen LogP contribution in [0.3, 0.4) is 0 Å². The summed E-state index contributed by atoms with van der Waals surface area (Å²) in [5.74, 6) is 2.92. The van der Waals surface area contributed by atoms with E-state index in [-0.39, 0.29) is 153 Å². The molecule has 0 radical (unpaired) electrons. The van der Waals surface area contributed by atoms with Gasteiger partial charge in [-0.1, -0.05) is 194 Å². The second-order valence-corrected chi connectivity index (χ2v) is 27.8. The predicted octanol–water partition coefficient (Wildman–Crippen LogP) is 11.9. The van der Waals surface area contributed by atoms with Gasteiger partial charge in [-0.05, 0) is 124 Å². The SMILES string of the molecule is CC.CC.CC(C)(C)C(C)(C)c1ccc(C(C)(C)S(=O)(=O)C(C)(C)C)cc1.CC(C)C.CC(C)C(C)(C)C.CC(C)S(=O)(=O)C(C)C.CC(C)c1ccc(C(C)C)cc1.[CH3-].[CH3-].[Rb+].[Rb+]. The van der Waals surface area contributed by atoms with Gasteiger partial charge in [0.05, 0.1) is 20.0 Å². The minimum atomic E-state index is -3.31. The topological polar surface area (TPSA) is 68.3 Å². The molecule has 8 heteroatoms. The Hall–Kier alpha value is 1.95. The molecule has 63 heavy (non-hydrogen) atoms. The Bertz CT molecular complexity index is 1520. The average molecular weight is 1070 g/mol. The van der Waals surface area contributed by atoms with Gasteiger partial charge in [-0.3, -0.25) is 0 Å². The third kappa shape index (κ3) is 32.5. The first-order valence-electron chi connectivity index (χ1n) is 22.8. The minimum Gasteiger partial charge on any atom is -0.358 e.